The van der Waals surface area contributed by atoms with Crippen LogP contribution in [-0.4, -0.2) is 0 Å². The Morgan fingerprint density at radius 3 is 2.31 bits per heavy atom. The molecule has 1 aliphatic carbocycles. The molecule has 0 radical (unpaired) electrons. The van der Waals surface area contributed by atoms with E-state index >= 15 is 0 Å². The van der Waals surface area contributed by atoms with Gasteiger partial charge in [0.05, 0.1) is 0 Å². The van der Waals surface area contributed by atoms with E-state index < -0.39 is 0 Å². The minimum absolute atomic E-state index is 0.813. The van der Waals surface area contributed by atoms with Crippen molar-refractivity contribution in [3.8, 4) is 0 Å². The summed E-state index contributed by atoms with van der Waals surface area (Å²) in [6, 6.07) is 6.41. The third kappa shape index (κ3) is 2.73. The van der Waals surface area contributed by atoms with E-state index in [2.05, 4.69) is 18.2 Å². The molecule has 0 atom stereocenters. The lowest BCUT2D eigenvalue weighted by Gasteiger charge is -2.00. The van der Waals surface area contributed by atoms with Gasteiger partial charge in [-0.15, -0.1) is 0 Å². The molecule has 0 unspecified atom stereocenters. The quantitative estimate of drug-likeness (QED) is 0.618. The van der Waals surface area contributed by atoms with Gasteiger partial charge < -0.3 is 0 Å². The van der Waals surface area contributed by atoms with Crippen molar-refractivity contribution >= 4 is 11.6 Å². The third-order valence-corrected chi connectivity index (χ3v) is 2.65. The van der Waals surface area contributed by atoms with Crippen molar-refractivity contribution in [3.63, 3.8) is 0 Å². The lowest BCUT2D eigenvalue weighted by molar-refractivity contribution is 1.13. The number of halogens is 1. The Labute approximate surface area is 85.9 Å². The molecule has 0 amide bonds. The largest absolute Gasteiger partial charge is 0.0840 e. The van der Waals surface area contributed by atoms with E-state index in [0.717, 1.165) is 10.9 Å². The molecule has 0 N–H and O–H groups in total. The second kappa shape index (κ2) is 4.66. The molecular weight excluding hydrogens is 180 g/mol. The minimum Gasteiger partial charge on any atom is -0.0840 e. The Morgan fingerprint density at radius 2 is 1.85 bits per heavy atom. The predicted molar refractivity (Wildman–Crippen MR) is 59.5 cm³/mol. The molecule has 1 aromatic carbocycles. The Morgan fingerprint density at radius 1 is 1.23 bits per heavy atom. The first-order valence-electron chi connectivity index (χ1n) is 5.03. The molecule has 0 bridgehead atoms. The second-order valence-corrected chi connectivity index (χ2v) is 3.69. The van der Waals surface area contributed by atoms with Gasteiger partial charge in [-0.3, -0.25) is 0 Å². The van der Waals surface area contributed by atoms with Gasteiger partial charge in [0.2, 0.25) is 0 Å². The summed E-state index contributed by atoms with van der Waals surface area (Å²) in [4.78, 5) is 0. The van der Waals surface area contributed by atoms with Crippen molar-refractivity contribution in [2.45, 2.75) is 39.5 Å². The summed E-state index contributed by atoms with van der Waals surface area (Å²) in [7, 11) is 0. The maximum absolute atomic E-state index is 5.99. The van der Waals surface area contributed by atoms with Crippen LogP contribution >= 0.6 is 11.6 Å². The summed E-state index contributed by atoms with van der Waals surface area (Å²) >= 11 is 5.99. The monoisotopic (exact) mass is 196 g/mol. The van der Waals surface area contributed by atoms with Crippen LogP contribution in [0, 0.1) is 6.92 Å². The maximum Gasteiger partial charge on any atom is 0.0438 e. The van der Waals surface area contributed by atoms with E-state index in [1.165, 1.54) is 24.0 Å². The summed E-state index contributed by atoms with van der Waals surface area (Å²) in [6.07, 6.45) is 2.69. The first-order valence-corrected chi connectivity index (χ1v) is 5.41. The van der Waals surface area contributed by atoms with Gasteiger partial charge in [0.1, 0.15) is 0 Å². The highest BCUT2D eigenvalue weighted by Gasteiger charge is 2.23. The van der Waals surface area contributed by atoms with Crippen LogP contribution in [0.2, 0.25) is 5.02 Å². The van der Waals surface area contributed by atoms with E-state index in [1.54, 1.807) is 0 Å². The van der Waals surface area contributed by atoms with Gasteiger partial charge in [-0.05, 0) is 42.9 Å². The standard InChI is InChI=1S/C10H11Cl.C2H6/c1-7-2-3-9(6-10(7)11)8-4-5-8;1-2/h2-3,6,8H,4-5H2,1H3;1-2H3. The van der Waals surface area contributed by atoms with Crippen LogP contribution in [0.25, 0.3) is 0 Å². The van der Waals surface area contributed by atoms with E-state index in [0.29, 0.717) is 0 Å². The Balaban J connectivity index is 0.000000396. The molecule has 1 heteroatoms. The van der Waals surface area contributed by atoms with Crippen LogP contribution in [0.15, 0.2) is 18.2 Å². The lowest BCUT2D eigenvalue weighted by Crippen LogP contribution is -1.80. The van der Waals surface area contributed by atoms with Crippen molar-refractivity contribution < 1.29 is 0 Å². The molecule has 13 heavy (non-hydrogen) atoms. The highest BCUT2D eigenvalue weighted by Crippen LogP contribution is 2.40. The van der Waals surface area contributed by atoms with Crippen molar-refractivity contribution in [1.82, 2.24) is 0 Å². The van der Waals surface area contributed by atoms with Gasteiger partial charge in [0.25, 0.3) is 0 Å². The summed E-state index contributed by atoms with van der Waals surface area (Å²) < 4.78 is 0. The van der Waals surface area contributed by atoms with E-state index in [1.807, 2.05) is 20.8 Å². The number of hydrogen-bond acceptors (Lipinski definition) is 0. The van der Waals surface area contributed by atoms with E-state index in [4.69, 9.17) is 11.6 Å². The number of rotatable bonds is 1. The molecule has 1 saturated carbocycles. The molecule has 0 aliphatic heterocycles. The van der Waals surface area contributed by atoms with Crippen LogP contribution in [-0.2, 0) is 0 Å². The average molecular weight is 197 g/mol. The highest BCUT2D eigenvalue weighted by atomic mass is 35.5. The Hall–Kier alpha value is -0.490. The van der Waals surface area contributed by atoms with Gasteiger partial charge in [0.15, 0.2) is 0 Å². The van der Waals surface area contributed by atoms with Crippen LogP contribution in [0.4, 0.5) is 0 Å². The van der Waals surface area contributed by atoms with Crippen LogP contribution in [0.5, 0.6) is 0 Å². The molecular formula is C12H17Cl. The molecule has 72 valence electrons. The molecule has 2 rings (SSSR count). The third-order valence-electron chi connectivity index (χ3n) is 2.24. The summed E-state index contributed by atoms with van der Waals surface area (Å²) in [6.45, 7) is 6.04. The van der Waals surface area contributed by atoms with Gasteiger partial charge in [-0.2, -0.15) is 0 Å². The van der Waals surface area contributed by atoms with Crippen LogP contribution in [0.1, 0.15) is 43.7 Å². The molecule has 1 fully saturated rings. The molecule has 0 spiro atoms. The Kier molecular flexibility index (Phi) is 3.80. The number of benzene rings is 1. The molecule has 1 aromatic rings. The van der Waals surface area contributed by atoms with Crippen molar-refractivity contribution in [1.29, 1.82) is 0 Å². The summed E-state index contributed by atoms with van der Waals surface area (Å²) in [5.41, 5.74) is 2.59. The fourth-order valence-corrected chi connectivity index (χ4v) is 1.47. The molecule has 1 aliphatic rings. The molecule has 0 nitrogen and oxygen atoms in total. The van der Waals surface area contributed by atoms with Crippen molar-refractivity contribution in [3.05, 3.63) is 34.3 Å². The highest BCUT2D eigenvalue weighted by molar-refractivity contribution is 6.31. The zero-order chi connectivity index (χ0) is 9.84. The first-order chi connectivity index (χ1) is 6.27. The fraction of sp³-hybridized carbons (Fsp3) is 0.500. The second-order valence-electron chi connectivity index (χ2n) is 3.28. The van der Waals surface area contributed by atoms with Crippen LogP contribution < -0.4 is 0 Å². The molecule has 0 aromatic heterocycles. The number of hydrogen-bond donors (Lipinski definition) is 0. The molecule has 0 heterocycles. The summed E-state index contributed by atoms with van der Waals surface area (Å²) in [5.74, 6) is 0.813. The van der Waals surface area contributed by atoms with Gasteiger partial charge in [-0.1, -0.05) is 37.6 Å². The fourth-order valence-electron chi connectivity index (χ4n) is 1.28. The zero-order valence-corrected chi connectivity index (χ0v) is 9.36. The minimum atomic E-state index is 0.813. The van der Waals surface area contributed by atoms with Crippen LogP contribution in [0.3, 0.4) is 0 Å². The normalized spacial score (nSPS) is 14.8. The predicted octanol–water partition coefficient (Wildman–Crippen LogP) is 4.55. The smallest absolute Gasteiger partial charge is 0.0438 e. The van der Waals surface area contributed by atoms with Gasteiger partial charge in [0, 0.05) is 5.02 Å². The van der Waals surface area contributed by atoms with E-state index in [-0.39, 0.29) is 0 Å². The SMILES string of the molecule is CC.Cc1ccc(C2CC2)cc1Cl. The topological polar surface area (TPSA) is 0 Å². The molecule has 0 saturated heterocycles. The number of aryl methyl sites for hydroxylation is 1. The van der Waals surface area contributed by atoms with Gasteiger partial charge >= 0.3 is 0 Å². The van der Waals surface area contributed by atoms with Crippen molar-refractivity contribution in [2.75, 3.05) is 0 Å². The maximum atomic E-state index is 5.99. The van der Waals surface area contributed by atoms with Gasteiger partial charge in [-0.25, -0.2) is 0 Å². The Bertz CT molecular complexity index is 274. The van der Waals surface area contributed by atoms with Crippen molar-refractivity contribution in [2.24, 2.45) is 0 Å². The average Bonchev–Trinajstić information content (AvgIpc) is 2.96. The summed E-state index contributed by atoms with van der Waals surface area (Å²) in [5, 5.41) is 0.911. The lowest BCUT2D eigenvalue weighted by atomic mass is 10.1. The first kappa shape index (κ1) is 10.6. The van der Waals surface area contributed by atoms with E-state index in [9.17, 15) is 0 Å². The zero-order valence-electron chi connectivity index (χ0n) is 8.60.